The third kappa shape index (κ3) is 3.02. The van der Waals surface area contributed by atoms with Gasteiger partial charge in [-0.15, -0.1) is 0 Å². The zero-order chi connectivity index (χ0) is 16.7. The minimum absolute atomic E-state index is 0.264. The monoisotopic (exact) mass is 316 g/mol. The molecule has 0 atom stereocenters. The van der Waals surface area contributed by atoms with Crippen LogP contribution in [0.3, 0.4) is 0 Å². The van der Waals surface area contributed by atoms with Crippen LogP contribution in [-0.2, 0) is 9.31 Å². The maximum absolute atomic E-state index is 12.4. The molecule has 2 rings (SSSR count). The third-order valence-electron chi connectivity index (χ3n) is 3.77. The molecule has 1 fully saturated rings. The van der Waals surface area contributed by atoms with Gasteiger partial charge >= 0.3 is 19.5 Å². The highest BCUT2D eigenvalue weighted by atomic mass is 19.3. The number of nitro groups is 1. The van der Waals surface area contributed by atoms with Gasteiger partial charge in [-0.2, -0.15) is 8.78 Å². The average Bonchev–Trinajstić information content (AvgIpc) is 2.57. The lowest BCUT2D eigenvalue weighted by atomic mass is 9.80. The van der Waals surface area contributed by atoms with Crippen LogP contribution in [0.5, 0.6) is 5.75 Å². The van der Waals surface area contributed by atoms with Crippen LogP contribution >= 0.6 is 0 Å². The lowest BCUT2D eigenvalue weighted by molar-refractivity contribution is -0.391. The van der Waals surface area contributed by atoms with Crippen LogP contribution in [0, 0.1) is 10.1 Å². The minimum atomic E-state index is -3.20. The lowest BCUT2D eigenvalue weighted by Crippen LogP contribution is -2.41. The van der Waals surface area contributed by atoms with Crippen LogP contribution in [0.15, 0.2) is 12.3 Å². The Morgan fingerprint density at radius 1 is 1.32 bits per heavy atom. The van der Waals surface area contributed by atoms with Gasteiger partial charge < -0.3 is 24.2 Å². The molecule has 10 heteroatoms. The molecule has 0 aromatic carbocycles. The van der Waals surface area contributed by atoms with Crippen molar-refractivity contribution in [3.05, 3.63) is 22.4 Å². The van der Waals surface area contributed by atoms with Crippen LogP contribution in [-0.4, -0.2) is 34.8 Å². The van der Waals surface area contributed by atoms with Crippen molar-refractivity contribution in [3.63, 3.8) is 0 Å². The Morgan fingerprint density at radius 3 is 2.32 bits per heavy atom. The molecule has 1 aromatic heterocycles. The second kappa shape index (κ2) is 5.43. The van der Waals surface area contributed by atoms with Crippen molar-refractivity contribution in [2.24, 2.45) is 0 Å². The molecule has 2 heterocycles. The van der Waals surface area contributed by atoms with E-state index in [2.05, 4.69) is 9.72 Å². The minimum Gasteiger partial charge on any atom is -0.426 e. The number of alkyl halides is 2. The van der Waals surface area contributed by atoms with Crippen LogP contribution in [0.25, 0.3) is 0 Å². The summed E-state index contributed by atoms with van der Waals surface area (Å²) in [5.41, 5.74) is -1.01. The molecule has 1 aliphatic heterocycles. The summed E-state index contributed by atoms with van der Waals surface area (Å²) in [7, 11) is -0.877. The number of rotatable bonds is 4. The fourth-order valence-electron chi connectivity index (χ4n) is 1.88. The first-order chi connectivity index (χ1) is 10.0. The van der Waals surface area contributed by atoms with Gasteiger partial charge in [0, 0.05) is 5.46 Å². The first-order valence-electron chi connectivity index (χ1n) is 6.48. The average molecular weight is 316 g/mol. The fourth-order valence-corrected chi connectivity index (χ4v) is 1.88. The first-order valence-corrected chi connectivity index (χ1v) is 6.48. The third-order valence-corrected chi connectivity index (χ3v) is 3.77. The van der Waals surface area contributed by atoms with E-state index in [0.29, 0.717) is 0 Å². The quantitative estimate of drug-likeness (QED) is 0.479. The molecule has 0 aliphatic carbocycles. The van der Waals surface area contributed by atoms with Crippen molar-refractivity contribution in [2.75, 3.05) is 0 Å². The predicted octanol–water partition coefficient (Wildman–Crippen LogP) is 1.89. The first kappa shape index (κ1) is 16.6. The van der Waals surface area contributed by atoms with E-state index in [1.54, 1.807) is 0 Å². The number of halogens is 2. The molecule has 0 saturated carbocycles. The highest BCUT2D eigenvalue weighted by Crippen LogP contribution is 2.37. The second-order valence-electron chi connectivity index (χ2n) is 5.81. The van der Waals surface area contributed by atoms with Crippen LogP contribution < -0.4 is 10.2 Å². The molecule has 22 heavy (non-hydrogen) atoms. The molecule has 1 aromatic rings. The summed E-state index contributed by atoms with van der Waals surface area (Å²) in [5, 5.41) is 10.8. The molecule has 7 nitrogen and oxygen atoms in total. The Labute approximate surface area is 125 Å². The molecule has 0 unspecified atom stereocenters. The zero-order valence-electron chi connectivity index (χ0n) is 12.5. The smallest absolute Gasteiger partial charge is 0.426 e. The van der Waals surface area contributed by atoms with Crippen molar-refractivity contribution in [1.82, 2.24) is 4.98 Å². The molecule has 0 amide bonds. The molecule has 0 bridgehead atoms. The molecule has 0 N–H and O–H groups in total. The van der Waals surface area contributed by atoms with Crippen LogP contribution in [0.4, 0.5) is 14.6 Å². The zero-order valence-corrected chi connectivity index (χ0v) is 12.5. The summed E-state index contributed by atoms with van der Waals surface area (Å²) < 4.78 is 40.4. The summed E-state index contributed by atoms with van der Waals surface area (Å²) in [6, 6.07) is 1.08. The van der Waals surface area contributed by atoms with Gasteiger partial charge in [0.2, 0.25) is 5.75 Å². The number of hydrogen-bond donors (Lipinski definition) is 0. The standard InChI is InChI=1S/C12H15BF2N2O5/c1-11(2)12(3,4)22-13(21-11)7-5-8(20-10(14)15)9(16-6-7)17(18)19/h5-6,10H,1-4H3. The van der Waals surface area contributed by atoms with E-state index in [4.69, 9.17) is 9.31 Å². The van der Waals surface area contributed by atoms with Gasteiger partial charge in [0.05, 0.1) is 11.2 Å². The number of ether oxygens (including phenoxy) is 1. The van der Waals surface area contributed by atoms with Gasteiger partial charge in [-0.3, -0.25) is 0 Å². The molecule has 1 saturated heterocycles. The van der Waals surface area contributed by atoms with Crippen molar-refractivity contribution >= 4 is 18.4 Å². The molecular formula is C12H15BF2N2O5. The van der Waals surface area contributed by atoms with Crippen molar-refractivity contribution < 1.29 is 27.7 Å². The Kier molecular flexibility index (Phi) is 4.09. The van der Waals surface area contributed by atoms with E-state index in [1.165, 1.54) is 0 Å². The van der Waals surface area contributed by atoms with Gasteiger partial charge in [-0.1, -0.05) is 0 Å². The maximum atomic E-state index is 12.4. The SMILES string of the molecule is CC1(C)OB(c2cnc([N+](=O)[O-])c(OC(F)F)c2)OC1(C)C. The molecule has 0 radical (unpaired) electrons. The van der Waals surface area contributed by atoms with Crippen LogP contribution in [0.1, 0.15) is 27.7 Å². The highest BCUT2D eigenvalue weighted by Gasteiger charge is 2.52. The Morgan fingerprint density at radius 2 is 1.86 bits per heavy atom. The number of nitrogens with zero attached hydrogens (tertiary/aromatic N) is 2. The highest BCUT2D eigenvalue weighted by molar-refractivity contribution is 6.62. The van der Waals surface area contributed by atoms with Gasteiger partial charge in [0.15, 0.2) is 0 Å². The molecule has 1 aliphatic rings. The summed E-state index contributed by atoms with van der Waals surface area (Å²) in [6.45, 7) is 4.09. The summed E-state index contributed by atoms with van der Waals surface area (Å²) in [5.74, 6) is -1.42. The van der Waals surface area contributed by atoms with Gasteiger partial charge in [-0.05, 0) is 43.7 Å². The molecular weight excluding hydrogens is 301 g/mol. The van der Waals surface area contributed by atoms with E-state index in [0.717, 1.165) is 12.3 Å². The van der Waals surface area contributed by atoms with Crippen LogP contribution in [0.2, 0.25) is 0 Å². The molecule has 0 spiro atoms. The summed E-state index contributed by atoms with van der Waals surface area (Å²) in [6.07, 6.45) is 1.15. The van der Waals surface area contributed by atoms with Crippen molar-refractivity contribution in [3.8, 4) is 5.75 Å². The van der Waals surface area contributed by atoms with E-state index in [-0.39, 0.29) is 5.46 Å². The van der Waals surface area contributed by atoms with Gasteiger partial charge in [0.1, 0.15) is 6.20 Å². The summed E-state index contributed by atoms with van der Waals surface area (Å²) >= 11 is 0. The lowest BCUT2D eigenvalue weighted by Gasteiger charge is -2.32. The number of pyridine rings is 1. The topological polar surface area (TPSA) is 83.7 Å². The Hall–Kier alpha value is -1.81. The van der Waals surface area contributed by atoms with E-state index in [9.17, 15) is 18.9 Å². The van der Waals surface area contributed by atoms with E-state index < -0.39 is 41.4 Å². The fraction of sp³-hybridized carbons (Fsp3) is 0.583. The largest absolute Gasteiger partial charge is 0.498 e. The normalized spacial score (nSPS) is 19.5. The maximum Gasteiger partial charge on any atom is 0.498 e. The van der Waals surface area contributed by atoms with Gasteiger partial charge in [0.25, 0.3) is 0 Å². The second-order valence-corrected chi connectivity index (χ2v) is 5.81. The Balaban J connectivity index is 2.36. The predicted molar refractivity (Wildman–Crippen MR) is 73.2 cm³/mol. The number of hydrogen-bond acceptors (Lipinski definition) is 6. The van der Waals surface area contributed by atoms with Gasteiger partial charge in [-0.25, -0.2) is 0 Å². The van der Waals surface area contributed by atoms with E-state index >= 15 is 0 Å². The van der Waals surface area contributed by atoms with Crippen molar-refractivity contribution in [1.29, 1.82) is 0 Å². The van der Waals surface area contributed by atoms with E-state index in [1.807, 2.05) is 27.7 Å². The Bertz CT molecular complexity index is 581. The van der Waals surface area contributed by atoms with Crippen molar-refractivity contribution in [2.45, 2.75) is 45.5 Å². The summed E-state index contributed by atoms with van der Waals surface area (Å²) in [4.78, 5) is 13.5. The number of aromatic nitrogens is 1. The molecule has 120 valence electrons.